The van der Waals surface area contributed by atoms with Crippen molar-refractivity contribution in [1.29, 1.82) is 5.26 Å². The highest BCUT2D eigenvalue weighted by molar-refractivity contribution is 7.80. The molecule has 1 aromatic rings. The summed E-state index contributed by atoms with van der Waals surface area (Å²) >= 11 is 3.83. The van der Waals surface area contributed by atoms with Crippen LogP contribution in [0.5, 0.6) is 0 Å². The smallest absolute Gasteiger partial charge is 0.417 e. The molecule has 0 amide bonds. The monoisotopic (exact) mass is 261 g/mol. The van der Waals surface area contributed by atoms with Gasteiger partial charge in [-0.15, -0.1) is 12.6 Å². The molecule has 0 aliphatic heterocycles. The Morgan fingerprint density at radius 1 is 1.47 bits per heavy atom. The Labute approximate surface area is 100 Å². The van der Waals surface area contributed by atoms with Crippen LogP contribution in [0.2, 0.25) is 0 Å². The third-order valence-electron chi connectivity index (χ3n) is 1.99. The molecule has 0 saturated carbocycles. The molecule has 0 bridgehead atoms. The maximum Gasteiger partial charge on any atom is 0.417 e. The van der Waals surface area contributed by atoms with Crippen LogP contribution in [0.15, 0.2) is 17.0 Å². The van der Waals surface area contributed by atoms with E-state index in [0.717, 1.165) is 13.2 Å². The molecule has 1 rings (SSSR count). The van der Waals surface area contributed by atoms with E-state index in [1.165, 1.54) is 6.07 Å². The van der Waals surface area contributed by atoms with Gasteiger partial charge in [-0.05, 0) is 12.1 Å². The van der Waals surface area contributed by atoms with Crippen LogP contribution in [0.25, 0.3) is 0 Å². The van der Waals surface area contributed by atoms with Crippen LogP contribution in [0.4, 0.5) is 13.2 Å². The topological polar surface area (TPSA) is 50.1 Å². The van der Waals surface area contributed by atoms with Crippen molar-refractivity contribution in [2.75, 3.05) is 7.11 Å². The highest BCUT2D eigenvalue weighted by atomic mass is 32.1. The molecule has 0 aromatic heterocycles. The van der Waals surface area contributed by atoms with Crippen LogP contribution in [0.1, 0.15) is 21.5 Å². The molecule has 3 nitrogen and oxygen atoms in total. The Bertz CT molecular complexity index is 505. The first kappa shape index (κ1) is 13.4. The number of carbonyl (C=O) groups excluding carboxylic acids is 1. The molecule has 0 fully saturated rings. The molecular weight excluding hydrogens is 255 g/mol. The van der Waals surface area contributed by atoms with E-state index < -0.39 is 28.8 Å². The van der Waals surface area contributed by atoms with Crippen LogP contribution in [-0.4, -0.2) is 13.1 Å². The fraction of sp³-hybridized carbons (Fsp3) is 0.200. The number of esters is 1. The van der Waals surface area contributed by atoms with Gasteiger partial charge in [-0.2, -0.15) is 18.4 Å². The number of hydrogen-bond donors (Lipinski definition) is 1. The molecule has 0 aliphatic rings. The Balaban J connectivity index is 3.65. The van der Waals surface area contributed by atoms with Crippen molar-refractivity contribution >= 4 is 18.6 Å². The number of thiol groups is 1. The number of alkyl halides is 3. The molecule has 0 unspecified atom stereocenters. The number of rotatable bonds is 1. The van der Waals surface area contributed by atoms with Gasteiger partial charge in [-0.1, -0.05) is 0 Å². The summed E-state index contributed by atoms with van der Waals surface area (Å²) in [6, 6.07) is 3.22. The van der Waals surface area contributed by atoms with Crippen molar-refractivity contribution in [3.05, 3.63) is 28.8 Å². The molecule has 0 spiro atoms. The van der Waals surface area contributed by atoms with E-state index in [-0.39, 0.29) is 4.90 Å². The molecule has 0 radical (unpaired) electrons. The Morgan fingerprint density at radius 2 is 2.06 bits per heavy atom. The first-order chi connectivity index (χ1) is 7.82. The first-order valence-electron chi connectivity index (χ1n) is 4.24. The number of halogens is 3. The van der Waals surface area contributed by atoms with Crippen LogP contribution in [0, 0.1) is 11.3 Å². The highest BCUT2D eigenvalue weighted by Gasteiger charge is 2.37. The van der Waals surface area contributed by atoms with Gasteiger partial charge in [-0.25, -0.2) is 4.79 Å². The number of hydrogen-bond acceptors (Lipinski definition) is 4. The lowest BCUT2D eigenvalue weighted by atomic mass is 10.0. The van der Waals surface area contributed by atoms with Crippen molar-refractivity contribution < 1.29 is 22.7 Å². The number of carbonyl (C=O) groups is 1. The predicted molar refractivity (Wildman–Crippen MR) is 54.8 cm³/mol. The van der Waals surface area contributed by atoms with E-state index in [2.05, 4.69) is 17.4 Å². The molecule has 0 saturated heterocycles. The van der Waals surface area contributed by atoms with Crippen molar-refractivity contribution in [2.45, 2.75) is 11.1 Å². The minimum absolute atomic E-state index is 0.0131. The lowest BCUT2D eigenvalue weighted by Gasteiger charge is -2.13. The summed E-state index contributed by atoms with van der Waals surface area (Å²) in [5.41, 5.74) is -2.47. The van der Waals surface area contributed by atoms with Crippen molar-refractivity contribution in [1.82, 2.24) is 0 Å². The Morgan fingerprint density at radius 3 is 2.47 bits per heavy atom. The van der Waals surface area contributed by atoms with Gasteiger partial charge >= 0.3 is 12.1 Å². The number of ether oxygens (including phenoxy) is 1. The summed E-state index contributed by atoms with van der Waals surface area (Å²) in [5, 5.41) is 8.76. The van der Waals surface area contributed by atoms with E-state index in [4.69, 9.17) is 5.26 Å². The highest BCUT2D eigenvalue weighted by Crippen LogP contribution is 2.35. The summed E-state index contributed by atoms with van der Waals surface area (Å²) in [6.07, 6.45) is -4.74. The van der Waals surface area contributed by atoms with Gasteiger partial charge in [0.05, 0.1) is 23.8 Å². The van der Waals surface area contributed by atoms with E-state index in [1.54, 1.807) is 0 Å². The number of nitriles is 1. The summed E-state index contributed by atoms with van der Waals surface area (Å²) < 4.78 is 42.2. The standard InChI is InChI=1S/C10H6F3NO2S/c1-16-9(15)8-5(4-14)7(17)3-2-6(8)10(11,12)13/h2-3,17H,1H3. The minimum atomic E-state index is -4.74. The SMILES string of the molecule is COC(=O)c1c(C(F)(F)F)ccc(S)c1C#N. The summed E-state index contributed by atoms with van der Waals surface area (Å²) in [4.78, 5) is 11.3. The fourth-order valence-corrected chi connectivity index (χ4v) is 1.49. The summed E-state index contributed by atoms with van der Waals surface area (Å²) in [6.45, 7) is 0. The minimum Gasteiger partial charge on any atom is -0.465 e. The lowest BCUT2D eigenvalue weighted by molar-refractivity contribution is -0.138. The summed E-state index contributed by atoms with van der Waals surface area (Å²) in [5.74, 6) is -1.22. The second kappa shape index (κ2) is 4.67. The zero-order chi connectivity index (χ0) is 13.2. The van der Waals surface area contributed by atoms with E-state index in [0.29, 0.717) is 6.07 Å². The second-order valence-corrected chi connectivity index (χ2v) is 3.47. The Kier molecular flexibility index (Phi) is 3.68. The van der Waals surface area contributed by atoms with Crippen LogP contribution >= 0.6 is 12.6 Å². The third kappa shape index (κ3) is 2.53. The van der Waals surface area contributed by atoms with Gasteiger partial charge < -0.3 is 4.74 Å². The van der Waals surface area contributed by atoms with Gasteiger partial charge in [0.2, 0.25) is 0 Å². The maximum absolute atomic E-state index is 12.7. The predicted octanol–water partition coefficient (Wildman–Crippen LogP) is 2.65. The number of benzene rings is 1. The molecule has 0 N–H and O–H groups in total. The van der Waals surface area contributed by atoms with Crippen molar-refractivity contribution in [2.24, 2.45) is 0 Å². The fourth-order valence-electron chi connectivity index (χ4n) is 1.26. The van der Waals surface area contributed by atoms with Gasteiger partial charge in [0.25, 0.3) is 0 Å². The first-order valence-corrected chi connectivity index (χ1v) is 4.69. The van der Waals surface area contributed by atoms with Crippen molar-refractivity contribution in [3.8, 4) is 6.07 Å². The van der Waals surface area contributed by atoms with Crippen molar-refractivity contribution in [3.63, 3.8) is 0 Å². The largest absolute Gasteiger partial charge is 0.465 e. The number of nitrogens with zero attached hydrogens (tertiary/aromatic N) is 1. The van der Waals surface area contributed by atoms with Gasteiger partial charge in [0.15, 0.2) is 0 Å². The summed E-state index contributed by atoms with van der Waals surface area (Å²) in [7, 11) is 0.939. The molecule has 0 aliphatic carbocycles. The van der Waals surface area contributed by atoms with E-state index in [9.17, 15) is 18.0 Å². The van der Waals surface area contributed by atoms with Gasteiger partial charge in [0.1, 0.15) is 6.07 Å². The zero-order valence-electron chi connectivity index (χ0n) is 8.50. The number of methoxy groups -OCH3 is 1. The third-order valence-corrected chi connectivity index (χ3v) is 2.36. The molecule has 1 aromatic carbocycles. The molecule has 0 atom stereocenters. The van der Waals surface area contributed by atoms with Gasteiger partial charge in [0, 0.05) is 4.90 Å². The van der Waals surface area contributed by atoms with Crippen LogP contribution < -0.4 is 0 Å². The average molecular weight is 261 g/mol. The molecular formula is C10H6F3NO2S. The molecule has 7 heteroatoms. The Hall–Kier alpha value is -1.68. The van der Waals surface area contributed by atoms with E-state index >= 15 is 0 Å². The molecule has 90 valence electrons. The quantitative estimate of drug-likeness (QED) is 0.624. The zero-order valence-corrected chi connectivity index (χ0v) is 9.39. The lowest BCUT2D eigenvalue weighted by Crippen LogP contribution is -2.16. The normalized spacial score (nSPS) is 10.8. The average Bonchev–Trinajstić information content (AvgIpc) is 2.25. The second-order valence-electron chi connectivity index (χ2n) is 2.98. The van der Waals surface area contributed by atoms with Crippen LogP contribution in [0.3, 0.4) is 0 Å². The molecule has 17 heavy (non-hydrogen) atoms. The molecule has 0 heterocycles. The van der Waals surface area contributed by atoms with Gasteiger partial charge in [-0.3, -0.25) is 0 Å². The maximum atomic E-state index is 12.7. The van der Waals surface area contributed by atoms with Crippen LogP contribution in [-0.2, 0) is 10.9 Å². The van der Waals surface area contributed by atoms with E-state index in [1.807, 2.05) is 0 Å².